The normalized spacial score (nSPS) is 23.4. The van der Waals surface area contributed by atoms with Gasteiger partial charge in [0.2, 0.25) is 0 Å². The summed E-state index contributed by atoms with van der Waals surface area (Å²) in [5, 5.41) is 0. The van der Waals surface area contributed by atoms with Gasteiger partial charge < -0.3 is 9.30 Å². The lowest BCUT2D eigenvalue weighted by molar-refractivity contribution is 0.00616. The molecule has 0 aliphatic carbocycles. The Morgan fingerprint density at radius 1 is 1.40 bits per heavy atom. The maximum absolute atomic E-state index is 5.94. The number of aryl methyl sites for hydroxylation is 2. The van der Waals surface area contributed by atoms with Gasteiger partial charge in [-0.15, -0.1) is 11.6 Å². The van der Waals surface area contributed by atoms with E-state index in [1.165, 1.54) is 0 Å². The van der Waals surface area contributed by atoms with Gasteiger partial charge in [0.25, 0.3) is 0 Å². The van der Waals surface area contributed by atoms with Gasteiger partial charge in [-0.3, -0.25) is 0 Å². The third-order valence-corrected chi connectivity index (χ3v) is 4.08. The Morgan fingerprint density at radius 2 is 2.25 bits per heavy atom. The zero-order chi connectivity index (χ0) is 14.1. The van der Waals surface area contributed by atoms with E-state index in [0.717, 1.165) is 48.6 Å². The van der Waals surface area contributed by atoms with Crippen LogP contribution < -0.4 is 0 Å². The second-order valence-electron chi connectivity index (χ2n) is 5.49. The molecular weight excluding hydrogens is 274 g/mol. The van der Waals surface area contributed by atoms with Crippen LogP contribution in [0.15, 0.2) is 12.1 Å². The number of hydrogen-bond donors (Lipinski definition) is 0. The van der Waals surface area contributed by atoms with Crippen LogP contribution in [-0.4, -0.2) is 33.1 Å². The molecule has 2 unspecified atom stereocenters. The van der Waals surface area contributed by atoms with Crippen LogP contribution in [-0.2, 0) is 11.2 Å². The highest BCUT2D eigenvalue weighted by molar-refractivity contribution is 6.17. The first-order valence-corrected chi connectivity index (χ1v) is 7.74. The Morgan fingerprint density at radius 3 is 3.00 bits per heavy atom. The molecule has 0 saturated carbocycles. The molecule has 0 N–H and O–H groups in total. The molecule has 0 spiro atoms. The molecule has 0 bridgehead atoms. The molecule has 2 atom stereocenters. The predicted octanol–water partition coefficient (Wildman–Crippen LogP) is 3.26. The van der Waals surface area contributed by atoms with E-state index in [4.69, 9.17) is 26.3 Å². The Labute approximate surface area is 124 Å². The summed E-state index contributed by atoms with van der Waals surface area (Å²) in [5.41, 5.74) is 2.98. The third kappa shape index (κ3) is 2.54. The molecule has 20 heavy (non-hydrogen) atoms. The van der Waals surface area contributed by atoms with E-state index in [-0.39, 0.29) is 0 Å². The summed E-state index contributed by atoms with van der Waals surface area (Å²) in [5.74, 6) is 1.63. The standard InChI is InChI=1S/C15H20ClN3O/c1-10-3-4-13-15(17-10)19(14(18-13)5-7-16)12-6-8-20-11(2)9-12/h3-4,11-12H,5-9H2,1-2H3. The van der Waals surface area contributed by atoms with E-state index in [9.17, 15) is 0 Å². The number of halogens is 1. The Bertz CT molecular complexity index is 610. The van der Waals surface area contributed by atoms with Gasteiger partial charge in [-0.1, -0.05) is 0 Å². The van der Waals surface area contributed by atoms with Crippen LogP contribution in [0.3, 0.4) is 0 Å². The van der Waals surface area contributed by atoms with Gasteiger partial charge in [-0.2, -0.15) is 0 Å². The summed E-state index contributed by atoms with van der Waals surface area (Å²) in [7, 11) is 0. The highest BCUT2D eigenvalue weighted by Gasteiger charge is 2.25. The Kier molecular flexibility index (Phi) is 3.94. The Balaban J connectivity index is 2.09. The third-order valence-electron chi connectivity index (χ3n) is 3.89. The second kappa shape index (κ2) is 5.70. The molecule has 1 fully saturated rings. The molecule has 3 heterocycles. The summed E-state index contributed by atoms with van der Waals surface area (Å²) >= 11 is 5.94. The minimum absolute atomic E-state index is 0.292. The lowest BCUT2D eigenvalue weighted by Gasteiger charge is -2.29. The average molecular weight is 294 g/mol. The molecule has 108 valence electrons. The molecule has 2 aromatic rings. The molecule has 0 aromatic carbocycles. The lowest BCUT2D eigenvalue weighted by atomic mass is 10.0. The summed E-state index contributed by atoms with van der Waals surface area (Å²) in [4.78, 5) is 9.41. The Hall–Kier alpha value is -1.13. The molecule has 3 rings (SSSR count). The number of imidazole rings is 1. The molecule has 4 nitrogen and oxygen atoms in total. The van der Waals surface area contributed by atoms with Crippen molar-refractivity contribution in [1.29, 1.82) is 0 Å². The molecule has 0 radical (unpaired) electrons. The van der Waals surface area contributed by atoms with E-state index >= 15 is 0 Å². The van der Waals surface area contributed by atoms with Crippen molar-refractivity contribution in [2.24, 2.45) is 0 Å². The molecule has 1 saturated heterocycles. The van der Waals surface area contributed by atoms with Crippen LogP contribution in [0.5, 0.6) is 0 Å². The fourth-order valence-electron chi connectivity index (χ4n) is 2.97. The van der Waals surface area contributed by atoms with Crippen LogP contribution in [0.2, 0.25) is 0 Å². The van der Waals surface area contributed by atoms with Crippen molar-refractivity contribution >= 4 is 22.8 Å². The monoisotopic (exact) mass is 293 g/mol. The first-order chi connectivity index (χ1) is 9.69. The highest BCUT2D eigenvalue weighted by atomic mass is 35.5. The number of hydrogen-bond acceptors (Lipinski definition) is 3. The number of aromatic nitrogens is 3. The van der Waals surface area contributed by atoms with Crippen molar-refractivity contribution < 1.29 is 4.74 Å². The SMILES string of the molecule is Cc1ccc2nc(CCCl)n(C3CCOC(C)C3)c2n1. The average Bonchev–Trinajstić information content (AvgIpc) is 2.76. The van der Waals surface area contributed by atoms with Gasteiger partial charge >= 0.3 is 0 Å². The quantitative estimate of drug-likeness (QED) is 0.816. The van der Waals surface area contributed by atoms with Crippen molar-refractivity contribution in [3.8, 4) is 0 Å². The van der Waals surface area contributed by atoms with E-state index < -0.39 is 0 Å². The zero-order valence-corrected chi connectivity index (χ0v) is 12.7. The van der Waals surface area contributed by atoms with Gasteiger partial charge in [0, 0.05) is 30.6 Å². The number of fused-ring (bicyclic) bond motifs is 1. The second-order valence-corrected chi connectivity index (χ2v) is 5.87. The number of pyridine rings is 1. The van der Waals surface area contributed by atoms with Gasteiger partial charge in [0.15, 0.2) is 5.65 Å². The van der Waals surface area contributed by atoms with E-state index in [1.807, 2.05) is 13.0 Å². The maximum Gasteiger partial charge on any atom is 0.160 e. The van der Waals surface area contributed by atoms with Crippen LogP contribution in [0.4, 0.5) is 0 Å². The smallest absolute Gasteiger partial charge is 0.160 e. The minimum Gasteiger partial charge on any atom is -0.378 e. The first kappa shape index (κ1) is 13.8. The molecule has 0 amide bonds. The molecule has 5 heteroatoms. The van der Waals surface area contributed by atoms with Gasteiger partial charge in [0.05, 0.1) is 6.10 Å². The van der Waals surface area contributed by atoms with Crippen LogP contribution in [0.1, 0.15) is 37.3 Å². The number of ether oxygens (including phenoxy) is 1. The van der Waals surface area contributed by atoms with Gasteiger partial charge in [-0.25, -0.2) is 9.97 Å². The predicted molar refractivity (Wildman–Crippen MR) is 80.4 cm³/mol. The van der Waals surface area contributed by atoms with E-state index in [1.54, 1.807) is 0 Å². The minimum atomic E-state index is 0.292. The summed E-state index contributed by atoms with van der Waals surface area (Å²) in [6, 6.07) is 4.47. The number of nitrogens with zero attached hydrogens (tertiary/aromatic N) is 3. The van der Waals surface area contributed by atoms with Gasteiger partial charge in [-0.05, 0) is 38.8 Å². The van der Waals surface area contributed by atoms with E-state index in [0.29, 0.717) is 18.0 Å². The van der Waals surface area contributed by atoms with Crippen molar-refractivity contribution in [3.63, 3.8) is 0 Å². The maximum atomic E-state index is 5.94. The molecule has 1 aliphatic rings. The summed E-state index contributed by atoms with van der Waals surface area (Å²) in [6.07, 6.45) is 3.10. The van der Waals surface area contributed by atoms with Crippen LogP contribution in [0.25, 0.3) is 11.2 Å². The summed E-state index contributed by atoms with van der Waals surface area (Å²) < 4.78 is 7.96. The highest BCUT2D eigenvalue weighted by Crippen LogP contribution is 2.30. The van der Waals surface area contributed by atoms with Crippen LogP contribution >= 0.6 is 11.6 Å². The van der Waals surface area contributed by atoms with Crippen molar-refractivity contribution in [3.05, 3.63) is 23.7 Å². The largest absolute Gasteiger partial charge is 0.378 e. The summed E-state index contributed by atoms with van der Waals surface area (Å²) in [6.45, 7) is 4.95. The van der Waals surface area contributed by atoms with Gasteiger partial charge in [0.1, 0.15) is 11.3 Å². The van der Waals surface area contributed by atoms with Crippen molar-refractivity contribution in [1.82, 2.24) is 14.5 Å². The topological polar surface area (TPSA) is 39.9 Å². The molecule has 2 aromatic heterocycles. The zero-order valence-electron chi connectivity index (χ0n) is 12.0. The van der Waals surface area contributed by atoms with Crippen LogP contribution in [0, 0.1) is 6.92 Å². The van der Waals surface area contributed by atoms with Crippen molar-refractivity contribution in [2.75, 3.05) is 12.5 Å². The first-order valence-electron chi connectivity index (χ1n) is 7.21. The van der Waals surface area contributed by atoms with E-state index in [2.05, 4.69) is 17.6 Å². The lowest BCUT2D eigenvalue weighted by Crippen LogP contribution is -2.26. The van der Waals surface area contributed by atoms with Crippen molar-refractivity contribution in [2.45, 2.75) is 45.3 Å². The molecule has 1 aliphatic heterocycles. The number of alkyl halides is 1. The number of rotatable bonds is 3. The molecular formula is C15H20ClN3O. The fourth-order valence-corrected chi connectivity index (χ4v) is 3.14. The fraction of sp³-hybridized carbons (Fsp3) is 0.600.